The van der Waals surface area contributed by atoms with E-state index in [0.29, 0.717) is 34.4 Å². The second-order valence-electron chi connectivity index (χ2n) is 7.84. The number of anilines is 1. The highest BCUT2D eigenvalue weighted by Gasteiger charge is 2.33. The number of carbonyl (C=O) groups excluding carboxylic acids is 1. The highest BCUT2D eigenvalue weighted by molar-refractivity contribution is 8.26. The fourth-order valence-electron chi connectivity index (χ4n) is 3.89. The zero-order valence-electron chi connectivity index (χ0n) is 18.4. The summed E-state index contributed by atoms with van der Waals surface area (Å²) in [5.41, 5.74) is 1.12. The molecule has 0 aliphatic carbocycles. The van der Waals surface area contributed by atoms with Crippen LogP contribution in [0.15, 0.2) is 9.70 Å². The fraction of sp³-hybridized carbons (Fsp3) is 0.524. The standard InChI is InChI=1S/C21H27N5O3S2/c1-14-15(12-17-20(28)26(21(30)31-17)6-5-11-29-4)18(24(3)19(27)16(14)13-22)25-9-7-23(2)8-10-25/h12H,5-11H2,1-4H3/p+1/b17-12-. The van der Waals surface area contributed by atoms with Gasteiger partial charge in [-0.15, -0.1) is 0 Å². The van der Waals surface area contributed by atoms with Crippen molar-refractivity contribution in [3.8, 4) is 6.07 Å². The first kappa shape index (κ1) is 23.5. The van der Waals surface area contributed by atoms with Gasteiger partial charge in [-0.1, -0.05) is 24.0 Å². The van der Waals surface area contributed by atoms with Crippen molar-refractivity contribution in [2.45, 2.75) is 13.3 Å². The number of carbonyl (C=O) groups is 1. The Bertz CT molecular complexity index is 1020. The van der Waals surface area contributed by atoms with Gasteiger partial charge in [0.2, 0.25) is 0 Å². The van der Waals surface area contributed by atoms with Crippen LogP contribution in [0, 0.1) is 18.3 Å². The molecule has 0 spiro atoms. The highest BCUT2D eigenvalue weighted by atomic mass is 32.2. The largest absolute Gasteiger partial charge is 0.385 e. The van der Waals surface area contributed by atoms with E-state index in [-0.39, 0.29) is 17.0 Å². The minimum atomic E-state index is -0.314. The lowest BCUT2D eigenvalue weighted by Gasteiger charge is -2.34. The van der Waals surface area contributed by atoms with Crippen molar-refractivity contribution in [3.63, 3.8) is 0 Å². The van der Waals surface area contributed by atoms with Gasteiger partial charge in [-0.05, 0) is 25.0 Å². The molecule has 0 radical (unpaired) electrons. The van der Waals surface area contributed by atoms with Gasteiger partial charge in [0.15, 0.2) is 0 Å². The quantitative estimate of drug-likeness (QED) is 0.366. The molecule has 3 heterocycles. The topological polar surface area (TPSA) is 83.0 Å². The summed E-state index contributed by atoms with van der Waals surface area (Å²) in [4.78, 5) is 31.6. The van der Waals surface area contributed by atoms with Crippen LogP contribution in [0.2, 0.25) is 0 Å². The van der Waals surface area contributed by atoms with Gasteiger partial charge in [0.05, 0.1) is 38.1 Å². The van der Waals surface area contributed by atoms with Gasteiger partial charge in [0, 0.05) is 32.9 Å². The number of nitriles is 1. The Morgan fingerprint density at radius 1 is 1.32 bits per heavy atom. The van der Waals surface area contributed by atoms with Crippen molar-refractivity contribution in [1.82, 2.24) is 9.47 Å². The van der Waals surface area contributed by atoms with Crippen LogP contribution in [-0.2, 0) is 16.6 Å². The van der Waals surface area contributed by atoms with E-state index in [4.69, 9.17) is 17.0 Å². The number of methoxy groups -OCH3 is 1. The predicted octanol–water partition coefficient (Wildman–Crippen LogP) is 0.138. The third kappa shape index (κ3) is 4.70. The van der Waals surface area contributed by atoms with Crippen molar-refractivity contribution < 1.29 is 14.4 Å². The van der Waals surface area contributed by atoms with Crippen LogP contribution in [0.3, 0.4) is 0 Å². The number of thiocarbonyl (C=S) groups is 1. The number of hydrogen-bond acceptors (Lipinski definition) is 7. The minimum absolute atomic E-state index is 0.104. The number of ether oxygens (including phenoxy) is 1. The Balaban J connectivity index is 2.07. The molecule has 2 fully saturated rings. The summed E-state index contributed by atoms with van der Waals surface area (Å²) in [5, 5.41) is 9.59. The molecule has 3 rings (SSSR count). The molecule has 0 unspecified atom stereocenters. The fourth-order valence-corrected chi connectivity index (χ4v) is 5.18. The molecule has 31 heavy (non-hydrogen) atoms. The third-order valence-electron chi connectivity index (χ3n) is 5.76. The Hall–Kier alpha value is -2.19. The summed E-state index contributed by atoms with van der Waals surface area (Å²) in [6.07, 6.45) is 2.49. The lowest BCUT2D eigenvalue weighted by Crippen LogP contribution is -3.12. The van der Waals surface area contributed by atoms with E-state index in [1.165, 1.54) is 21.2 Å². The number of hydrogen-bond donors (Lipinski definition) is 1. The first-order valence-electron chi connectivity index (χ1n) is 10.2. The average Bonchev–Trinajstić information content (AvgIpc) is 3.01. The van der Waals surface area contributed by atoms with E-state index in [1.807, 2.05) is 6.07 Å². The first-order valence-corrected chi connectivity index (χ1v) is 11.5. The number of nitrogens with zero attached hydrogens (tertiary/aromatic N) is 4. The van der Waals surface area contributed by atoms with Gasteiger partial charge >= 0.3 is 0 Å². The molecule has 166 valence electrons. The van der Waals surface area contributed by atoms with Gasteiger partial charge < -0.3 is 14.5 Å². The van der Waals surface area contributed by atoms with E-state index in [2.05, 4.69) is 11.9 Å². The predicted molar refractivity (Wildman–Crippen MR) is 126 cm³/mol. The van der Waals surface area contributed by atoms with E-state index >= 15 is 0 Å². The molecule has 1 amide bonds. The number of thioether (sulfide) groups is 1. The molecule has 0 atom stereocenters. The summed E-state index contributed by atoms with van der Waals surface area (Å²) in [5.74, 6) is 0.602. The molecule has 2 aliphatic heterocycles. The lowest BCUT2D eigenvalue weighted by molar-refractivity contribution is -0.880. The van der Waals surface area contributed by atoms with E-state index in [1.54, 1.807) is 32.1 Å². The van der Waals surface area contributed by atoms with Gasteiger partial charge in [0.1, 0.15) is 21.8 Å². The van der Waals surface area contributed by atoms with Crippen LogP contribution in [0.4, 0.5) is 5.82 Å². The highest BCUT2D eigenvalue weighted by Crippen LogP contribution is 2.35. The smallest absolute Gasteiger partial charge is 0.270 e. The Morgan fingerprint density at radius 2 is 2.00 bits per heavy atom. The van der Waals surface area contributed by atoms with Crippen LogP contribution in [0.1, 0.15) is 23.1 Å². The maximum atomic E-state index is 13.0. The average molecular weight is 463 g/mol. The van der Waals surface area contributed by atoms with E-state index in [0.717, 1.165) is 37.6 Å². The monoisotopic (exact) mass is 462 g/mol. The third-order valence-corrected chi connectivity index (χ3v) is 7.14. The molecule has 0 aromatic carbocycles. The van der Waals surface area contributed by atoms with Gasteiger partial charge in [-0.2, -0.15) is 5.26 Å². The molecule has 2 aliphatic rings. The molecule has 1 aromatic heterocycles. The number of likely N-dealkylation sites (N-methyl/N-ethyl adjacent to an activating group) is 1. The zero-order valence-corrected chi connectivity index (χ0v) is 20.0. The molecule has 0 bridgehead atoms. The summed E-state index contributed by atoms with van der Waals surface area (Å²) < 4.78 is 7.13. The van der Waals surface area contributed by atoms with Crippen LogP contribution >= 0.6 is 24.0 Å². The maximum Gasteiger partial charge on any atom is 0.270 e. The maximum absolute atomic E-state index is 13.0. The first-order chi connectivity index (χ1) is 14.8. The Kier molecular flexibility index (Phi) is 7.54. The Morgan fingerprint density at radius 3 is 2.61 bits per heavy atom. The van der Waals surface area contributed by atoms with Crippen LogP contribution in [0.5, 0.6) is 0 Å². The summed E-state index contributed by atoms with van der Waals surface area (Å²) >= 11 is 6.68. The normalized spacial score (nSPS) is 18.9. The van der Waals surface area contributed by atoms with Crippen molar-refractivity contribution in [3.05, 3.63) is 31.9 Å². The van der Waals surface area contributed by atoms with Crippen molar-refractivity contribution >= 4 is 46.1 Å². The number of nitrogens with one attached hydrogen (secondary N) is 1. The summed E-state index contributed by atoms with van der Waals surface area (Å²) in [6.45, 7) is 6.32. The zero-order chi connectivity index (χ0) is 22.7. The van der Waals surface area contributed by atoms with Gasteiger partial charge in [0.25, 0.3) is 11.5 Å². The molecule has 10 heteroatoms. The number of pyridine rings is 1. The minimum Gasteiger partial charge on any atom is -0.385 e. The SMILES string of the molecule is COCCCN1C(=O)/C(=C/c2c(C)c(C#N)c(=O)n(C)c2N2CC[NH+](C)CC2)SC1=S. The van der Waals surface area contributed by atoms with Crippen molar-refractivity contribution in [2.24, 2.45) is 7.05 Å². The molecule has 1 aromatic rings. The Labute approximate surface area is 192 Å². The van der Waals surface area contributed by atoms with Gasteiger partial charge in [-0.3, -0.25) is 19.1 Å². The number of rotatable bonds is 6. The number of amides is 1. The summed E-state index contributed by atoms with van der Waals surface area (Å²) in [6, 6.07) is 2.04. The number of aromatic nitrogens is 1. The molecular weight excluding hydrogens is 434 g/mol. The summed E-state index contributed by atoms with van der Waals surface area (Å²) in [7, 11) is 5.47. The number of piperazine rings is 1. The van der Waals surface area contributed by atoms with E-state index in [9.17, 15) is 14.9 Å². The van der Waals surface area contributed by atoms with Gasteiger partial charge in [-0.25, -0.2) is 0 Å². The van der Waals surface area contributed by atoms with Crippen molar-refractivity contribution in [1.29, 1.82) is 5.26 Å². The molecular formula is C21H28N5O3S2+. The van der Waals surface area contributed by atoms with Crippen LogP contribution in [0.25, 0.3) is 6.08 Å². The molecule has 8 nitrogen and oxygen atoms in total. The number of quaternary nitrogens is 1. The molecule has 0 saturated carbocycles. The molecule has 1 N–H and O–H groups in total. The second kappa shape index (κ2) is 9.96. The van der Waals surface area contributed by atoms with E-state index < -0.39 is 0 Å². The second-order valence-corrected chi connectivity index (χ2v) is 9.51. The van der Waals surface area contributed by atoms with Crippen LogP contribution in [-0.4, -0.2) is 73.2 Å². The lowest BCUT2D eigenvalue weighted by atomic mass is 10.0. The molecule has 2 saturated heterocycles. The van der Waals surface area contributed by atoms with Crippen molar-refractivity contribution in [2.75, 3.05) is 58.4 Å². The van der Waals surface area contributed by atoms with Crippen LogP contribution < -0.4 is 15.4 Å².